The average molecular weight is 371 g/mol. The van der Waals surface area contributed by atoms with Crippen LogP contribution < -0.4 is 16.8 Å². The van der Waals surface area contributed by atoms with Gasteiger partial charge >= 0.3 is 17.9 Å². The number of thiol groups is 2. The van der Waals surface area contributed by atoms with Crippen LogP contribution in [0.15, 0.2) is 0 Å². The van der Waals surface area contributed by atoms with Crippen molar-refractivity contribution in [1.29, 1.82) is 0 Å². The summed E-state index contributed by atoms with van der Waals surface area (Å²) in [5, 5.41) is 18.9. The molecule has 7 N–H and O–H groups in total. The molecule has 12 heteroatoms. The van der Waals surface area contributed by atoms with Crippen molar-refractivity contribution in [2.75, 3.05) is 18.1 Å². The van der Waals surface area contributed by atoms with E-state index in [1.165, 1.54) is 6.92 Å². The summed E-state index contributed by atoms with van der Waals surface area (Å²) < 4.78 is 4.50. The highest BCUT2D eigenvalue weighted by atomic mass is 32.1. The van der Waals surface area contributed by atoms with E-state index < -0.39 is 36.0 Å². The Morgan fingerprint density at radius 2 is 1.57 bits per heavy atom. The Hall–Kier alpha value is -1.50. The summed E-state index contributed by atoms with van der Waals surface area (Å²) in [4.78, 5) is 41.6. The largest absolute Gasteiger partial charge is 0.480 e. The lowest BCUT2D eigenvalue weighted by Gasteiger charge is -2.10. The molecular weight excluding hydrogens is 350 g/mol. The van der Waals surface area contributed by atoms with Crippen molar-refractivity contribution in [3.8, 4) is 0 Å². The van der Waals surface area contributed by atoms with E-state index in [9.17, 15) is 19.2 Å². The van der Waals surface area contributed by atoms with Crippen LogP contribution in [0.2, 0.25) is 0 Å². The molecule has 0 radical (unpaired) electrons. The third-order valence-corrected chi connectivity index (χ3v) is 2.84. The van der Waals surface area contributed by atoms with Crippen LogP contribution in [0.4, 0.5) is 0 Å². The molecule has 0 aromatic heterocycles. The summed E-state index contributed by atoms with van der Waals surface area (Å²) in [6.45, 7) is 0.884. The molecule has 1 amide bonds. The fraction of sp³-hybridized carbons (Fsp3) is 0.636. The normalized spacial score (nSPS) is 13.6. The number of carbonyl (C=O) groups is 4. The van der Waals surface area contributed by atoms with E-state index in [0.29, 0.717) is 0 Å². The fourth-order valence-corrected chi connectivity index (χ4v) is 1.25. The van der Waals surface area contributed by atoms with Crippen LogP contribution >= 0.6 is 25.3 Å². The maximum atomic E-state index is 10.9. The Morgan fingerprint density at radius 1 is 1.04 bits per heavy atom. The van der Waals surface area contributed by atoms with Crippen LogP contribution in [-0.2, 0) is 23.9 Å². The van der Waals surface area contributed by atoms with Crippen LogP contribution in [0.5, 0.6) is 0 Å². The van der Waals surface area contributed by atoms with E-state index in [2.05, 4.69) is 35.3 Å². The average Bonchev–Trinajstić information content (AvgIpc) is 2.48. The minimum atomic E-state index is -1.23. The van der Waals surface area contributed by atoms with Crippen molar-refractivity contribution in [3.05, 3.63) is 0 Å². The van der Waals surface area contributed by atoms with Gasteiger partial charge in [-0.3, -0.25) is 14.4 Å². The fourth-order valence-electron chi connectivity index (χ4n) is 0.856. The van der Waals surface area contributed by atoms with Crippen molar-refractivity contribution >= 4 is 49.1 Å². The molecule has 0 aliphatic carbocycles. The summed E-state index contributed by atoms with van der Waals surface area (Å²) in [6.07, 6.45) is 0. The van der Waals surface area contributed by atoms with Gasteiger partial charge in [-0.1, -0.05) is 0 Å². The number of carbonyl (C=O) groups excluding carboxylic acids is 2. The van der Waals surface area contributed by atoms with Gasteiger partial charge in [-0.2, -0.15) is 25.3 Å². The summed E-state index contributed by atoms with van der Waals surface area (Å²) in [7, 11) is 0. The molecule has 0 aliphatic heterocycles. The van der Waals surface area contributed by atoms with Gasteiger partial charge in [0.15, 0.2) is 0 Å². The quantitative estimate of drug-likeness (QED) is 0.182. The molecule has 0 aliphatic rings. The lowest BCUT2D eigenvalue weighted by molar-refractivity contribution is -0.148. The zero-order valence-corrected chi connectivity index (χ0v) is 14.1. The van der Waals surface area contributed by atoms with E-state index in [4.69, 9.17) is 21.7 Å². The summed E-state index contributed by atoms with van der Waals surface area (Å²) >= 11 is 7.50. The molecule has 0 saturated heterocycles. The van der Waals surface area contributed by atoms with Crippen molar-refractivity contribution in [1.82, 2.24) is 5.32 Å². The third-order valence-electron chi connectivity index (χ3n) is 2.08. The van der Waals surface area contributed by atoms with Gasteiger partial charge in [-0.25, -0.2) is 4.79 Å². The van der Waals surface area contributed by atoms with E-state index in [0.717, 1.165) is 0 Å². The zero-order valence-electron chi connectivity index (χ0n) is 12.3. The monoisotopic (exact) mass is 371 g/mol. The number of hydrogen-bond acceptors (Lipinski definition) is 9. The van der Waals surface area contributed by atoms with E-state index in [1.807, 2.05) is 0 Å². The van der Waals surface area contributed by atoms with Gasteiger partial charge in [-0.15, -0.1) is 0 Å². The number of ether oxygens (including phenoxy) is 1. The Kier molecular flexibility index (Phi) is 13.4. The Bertz CT molecular complexity index is 422. The molecule has 0 spiro atoms. The molecule has 0 rings (SSSR count). The molecule has 3 atom stereocenters. The van der Waals surface area contributed by atoms with E-state index >= 15 is 0 Å². The second-order valence-corrected chi connectivity index (χ2v) is 4.87. The highest BCUT2D eigenvalue weighted by Crippen LogP contribution is 1.90. The van der Waals surface area contributed by atoms with Crippen molar-refractivity contribution in [2.24, 2.45) is 11.5 Å². The summed E-state index contributed by atoms with van der Waals surface area (Å²) in [5.41, 5.74) is 10.3. The SMILES string of the molecule is CC(=O)N[C@@H](CS)C(=O)O.N[C@H](COC(=O)[C@@H](N)CS)C(=O)O. The highest BCUT2D eigenvalue weighted by molar-refractivity contribution is 7.80. The minimum Gasteiger partial charge on any atom is -0.480 e. The Labute approximate surface area is 143 Å². The molecule has 0 aromatic carbocycles. The zero-order chi connectivity index (χ0) is 18.6. The molecule has 0 heterocycles. The van der Waals surface area contributed by atoms with Gasteiger partial charge in [-0.05, 0) is 0 Å². The molecule has 134 valence electrons. The number of nitrogens with one attached hydrogen (secondary N) is 1. The molecule has 0 aromatic rings. The Morgan fingerprint density at radius 3 is 1.83 bits per heavy atom. The summed E-state index contributed by atoms with van der Waals surface area (Å²) in [6, 6.07) is -2.93. The second-order valence-electron chi connectivity index (χ2n) is 4.14. The van der Waals surface area contributed by atoms with E-state index in [-0.39, 0.29) is 24.0 Å². The molecule has 0 unspecified atom stereocenters. The van der Waals surface area contributed by atoms with Gasteiger partial charge in [0.05, 0.1) is 0 Å². The standard InChI is InChI=1S/C6H12N2O4S.C5H9NO3S/c7-3(5(9)10)1-12-6(11)4(8)2-13;1-3(7)6-4(2-10)5(8)9/h3-4,13H,1-2,7-8H2,(H,9,10);4,10H,2H2,1H3,(H,6,7)(H,8,9)/t3-,4+;4-/m10/s1. The lowest BCUT2D eigenvalue weighted by Crippen LogP contribution is -2.40. The topological polar surface area (TPSA) is 182 Å². The minimum absolute atomic E-state index is 0.106. The van der Waals surface area contributed by atoms with Crippen molar-refractivity contribution < 1.29 is 34.1 Å². The number of rotatable bonds is 8. The first-order valence-electron chi connectivity index (χ1n) is 6.19. The van der Waals surface area contributed by atoms with Crippen LogP contribution in [0, 0.1) is 0 Å². The number of aliphatic carboxylic acids is 2. The number of carboxylic acid groups (broad SMARTS) is 2. The van der Waals surface area contributed by atoms with E-state index in [1.54, 1.807) is 0 Å². The first-order valence-corrected chi connectivity index (χ1v) is 7.45. The van der Waals surface area contributed by atoms with Gasteiger partial charge in [0.1, 0.15) is 24.7 Å². The molecular formula is C11H21N3O7S2. The van der Waals surface area contributed by atoms with Crippen LogP contribution in [0.3, 0.4) is 0 Å². The van der Waals surface area contributed by atoms with Gasteiger partial charge < -0.3 is 31.7 Å². The second kappa shape index (κ2) is 13.0. The predicted molar refractivity (Wildman–Crippen MR) is 87.5 cm³/mol. The number of carboxylic acids is 2. The summed E-state index contributed by atoms with van der Waals surface area (Å²) in [5.74, 6) is -3.11. The van der Waals surface area contributed by atoms with Gasteiger partial charge in [0.25, 0.3) is 0 Å². The first kappa shape index (κ1) is 23.8. The third kappa shape index (κ3) is 12.7. The van der Waals surface area contributed by atoms with Crippen LogP contribution in [0.25, 0.3) is 0 Å². The van der Waals surface area contributed by atoms with Crippen LogP contribution in [0.1, 0.15) is 6.92 Å². The van der Waals surface area contributed by atoms with Crippen LogP contribution in [-0.4, -0.2) is 70.3 Å². The maximum Gasteiger partial charge on any atom is 0.327 e. The lowest BCUT2D eigenvalue weighted by atomic mass is 10.3. The molecule has 0 fully saturated rings. The van der Waals surface area contributed by atoms with Gasteiger partial charge in [0.2, 0.25) is 5.91 Å². The molecule has 0 bridgehead atoms. The number of hydrogen-bond donors (Lipinski definition) is 7. The van der Waals surface area contributed by atoms with Crippen molar-refractivity contribution in [2.45, 2.75) is 25.0 Å². The smallest absolute Gasteiger partial charge is 0.327 e. The molecule has 0 saturated carbocycles. The van der Waals surface area contributed by atoms with Crippen molar-refractivity contribution in [3.63, 3.8) is 0 Å². The molecule has 23 heavy (non-hydrogen) atoms. The number of nitrogens with two attached hydrogens (primary N) is 2. The molecule has 10 nitrogen and oxygen atoms in total. The number of amides is 1. The Balaban J connectivity index is 0. The number of esters is 1. The highest BCUT2D eigenvalue weighted by Gasteiger charge is 2.17. The predicted octanol–water partition coefficient (Wildman–Crippen LogP) is -2.30. The first-order chi connectivity index (χ1) is 10.6. The maximum absolute atomic E-state index is 10.9. The van der Waals surface area contributed by atoms with Gasteiger partial charge in [0, 0.05) is 18.4 Å².